The minimum absolute atomic E-state index is 0.162. The average molecular weight is 238 g/mol. The minimum Gasteiger partial charge on any atom is -0.305 e. The molecule has 13 heavy (non-hydrogen) atoms. The lowest BCUT2D eigenvalue weighted by Crippen LogP contribution is -2.45. The Hall–Kier alpha value is 0.240. The maximum absolute atomic E-state index is 5.80. The Morgan fingerprint density at radius 3 is 2.62 bits per heavy atom. The van der Waals surface area contributed by atoms with E-state index in [1.54, 1.807) is 11.3 Å². The number of rotatable bonds is 5. The maximum atomic E-state index is 5.80. The van der Waals surface area contributed by atoms with Crippen LogP contribution < -0.4 is 5.32 Å². The SMILES string of the molecule is CC(CCl)(CCl)NCc1ccsc1. The highest BCUT2D eigenvalue weighted by Gasteiger charge is 2.20. The number of hydrogen-bond donors (Lipinski definition) is 1. The summed E-state index contributed by atoms with van der Waals surface area (Å²) in [5, 5.41) is 7.53. The summed E-state index contributed by atoms with van der Waals surface area (Å²) >= 11 is 13.3. The molecule has 0 amide bonds. The van der Waals surface area contributed by atoms with Crippen molar-refractivity contribution in [2.75, 3.05) is 11.8 Å². The Kier molecular flexibility index (Phi) is 4.53. The number of nitrogens with one attached hydrogen (secondary N) is 1. The number of alkyl halides is 2. The van der Waals surface area contributed by atoms with Gasteiger partial charge in [0, 0.05) is 23.8 Å². The summed E-state index contributed by atoms with van der Waals surface area (Å²) in [5.41, 5.74) is 1.12. The predicted octanol–water partition coefficient (Wildman–Crippen LogP) is 3.07. The van der Waals surface area contributed by atoms with Gasteiger partial charge in [-0.25, -0.2) is 0 Å². The monoisotopic (exact) mass is 237 g/mol. The van der Waals surface area contributed by atoms with Crippen LogP contribution in [0.5, 0.6) is 0 Å². The van der Waals surface area contributed by atoms with Gasteiger partial charge in [0.2, 0.25) is 0 Å². The molecule has 0 fully saturated rings. The van der Waals surface area contributed by atoms with Crippen molar-refractivity contribution in [2.24, 2.45) is 0 Å². The molecule has 1 N–H and O–H groups in total. The average Bonchev–Trinajstić information content (AvgIpc) is 2.67. The van der Waals surface area contributed by atoms with Crippen molar-refractivity contribution in [3.8, 4) is 0 Å². The zero-order valence-electron chi connectivity index (χ0n) is 7.52. The molecule has 0 bridgehead atoms. The molecule has 0 atom stereocenters. The van der Waals surface area contributed by atoms with Crippen LogP contribution in [0.25, 0.3) is 0 Å². The van der Waals surface area contributed by atoms with E-state index in [-0.39, 0.29) is 5.54 Å². The Labute approximate surface area is 93.1 Å². The molecule has 0 saturated heterocycles. The van der Waals surface area contributed by atoms with Gasteiger partial charge in [-0.05, 0) is 29.3 Å². The van der Waals surface area contributed by atoms with Crippen LogP contribution in [0.4, 0.5) is 0 Å². The Morgan fingerprint density at radius 1 is 1.46 bits per heavy atom. The van der Waals surface area contributed by atoms with E-state index in [2.05, 4.69) is 22.1 Å². The van der Waals surface area contributed by atoms with E-state index in [1.807, 2.05) is 6.92 Å². The second-order valence-electron chi connectivity index (χ2n) is 3.31. The van der Waals surface area contributed by atoms with Gasteiger partial charge in [0.15, 0.2) is 0 Å². The van der Waals surface area contributed by atoms with Gasteiger partial charge in [-0.1, -0.05) is 0 Å². The predicted molar refractivity (Wildman–Crippen MR) is 61.0 cm³/mol. The number of thiophene rings is 1. The third-order valence-corrected chi connectivity index (χ3v) is 3.80. The molecule has 0 aliphatic carbocycles. The molecule has 1 nitrogen and oxygen atoms in total. The second kappa shape index (κ2) is 5.20. The summed E-state index contributed by atoms with van der Waals surface area (Å²) < 4.78 is 0. The summed E-state index contributed by atoms with van der Waals surface area (Å²) in [5.74, 6) is 1.06. The summed E-state index contributed by atoms with van der Waals surface area (Å²) in [6.45, 7) is 2.86. The molecule has 1 aromatic rings. The highest BCUT2D eigenvalue weighted by Crippen LogP contribution is 2.12. The minimum atomic E-state index is -0.162. The van der Waals surface area contributed by atoms with Crippen LogP contribution in [0.3, 0.4) is 0 Å². The first-order valence-corrected chi connectivity index (χ1v) is 6.09. The maximum Gasteiger partial charge on any atom is 0.0427 e. The van der Waals surface area contributed by atoms with E-state index in [0.29, 0.717) is 11.8 Å². The van der Waals surface area contributed by atoms with Crippen LogP contribution in [-0.4, -0.2) is 17.3 Å². The van der Waals surface area contributed by atoms with Crippen LogP contribution >= 0.6 is 34.5 Å². The molecular formula is C9H13Cl2NS. The van der Waals surface area contributed by atoms with Crippen LogP contribution in [0.1, 0.15) is 12.5 Å². The van der Waals surface area contributed by atoms with Gasteiger partial charge in [-0.15, -0.1) is 23.2 Å². The van der Waals surface area contributed by atoms with E-state index in [9.17, 15) is 0 Å². The number of hydrogen-bond acceptors (Lipinski definition) is 2. The van der Waals surface area contributed by atoms with Gasteiger partial charge < -0.3 is 5.32 Å². The number of halogens is 2. The summed E-state index contributed by atoms with van der Waals surface area (Å²) in [7, 11) is 0. The highest BCUT2D eigenvalue weighted by atomic mass is 35.5. The van der Waals surface area contributed by atoms with Crippen LogP contribution in [0.15, 0.2) is 16.8 Å². The molecule has 74 valence electrons. The molecule has 1 aromatic heterocycles. The Balaban J connectivity index is 2.41. The van der Waals surface area contributed by atoms with E-state index in [1.165, 1.54) is 5.56 Å². The smallest absolute Gasteiger partial charge is 0.0427 e. The van der Waals surface area contributed by atoms with Crippen LogP contribution in [0.2, 0.25) is 0 Å². The van der Waals surface area contributed by atoms with Crippen molar-refractivity contribution in [1.82, 2.24) is 5.32 Å². The molecular weight excluding hydrogens is 225 g/mol. The van der Waals surface area contributed by atoms with Gasteiger partial charge >= 0.3 is 0 Å². The standard InChI is InChI=1S/C9H13Cl2NS/c1-9(6-10,7-11)12-4-8-2-3-13-5-8/h2-3,5,12H,4,6-7H2,1H3. The molecule has 0 aliphatic rings. The van der Waals surface area contributed by atoms with E-state index in [0.717, 1.165) is 6.54 Å². The molecule has 0 radical (unpaired) electrons. The van der Waals surface area contributed by atoms with Crippen LogP contribution in [0, 0.1) is 0 Å². The highest BCUT2D eigenvalue weighted by molar-refractivity contribution is 7.07. The first kappa shape index (κ1) is 11.3. The lowest BCUT2D eigenvalue weighted by Gasteiger charge is -2.25. The molecule has 4 heteroatoms. The molecule has 0 unspecified atom stereocenters. The molecule has 0 saturated carbocycles. The van der Waals surface area contributed by atoms with Gasteiger partial charge in [0.25, 0.3) is 0 Å². The first-order valence-electron chi connectivity index (χ1n) is 4.08. The Bertz CT molecular complexity index is 232. The molecule has 0 aliphatic heterocycles. The first-order chi connectivity index (χ1) is 6.20. The third-order valence-electron chi connectivity index (χ3n) is 1.89. The zero-order chi connectivity index (χ0) is 9.73. The fourth-order valence-electron chi connectivity index (χ4n) is 0.839. The topological polar surface area (TPSA) is 12.0 Å². The van der Waals surface area contributed by atoms with Gasteiger partial charge in [0.1, 0.15) is 0 Å². The van der Waals surface area contributed by atoms with E-state index >= 15 is 0 Å². The van der Waals surface area contributed by atoms with E-state index < -0.39 is 0 Å². The van der Waals surface area contributed by atoms with Gasteiger partial charge in [0.05, 0.1) is 0 Å². The summed E-state index contributed by atoms with van der Waals surface area (Å²) in [4.78, 5) is 0. The summed E-state index contributed by atoms with van der Waals surface area (Å²) in [6.07, 6.45) is 0. The van der Waals surface area contributed by atoms with Gasteiger partial charge in [-0.3, -0.25) is 0 Å². The lowest BCUT2D eigenvalue weighted by molar-refractivity contribution is 0.435. The van der Waals surface area contributed by atoms with Crippen molar-refractivity contribution in [3.63, 3.8) is 0 Å². The van der Waals surface area contributed by atoms with Crippen molar-refractivity contribution < 1.29 is 0 Å². The van der Waals surface area contributed by atoms with Gasteiger partial charge in [-0.2, -0.15) is 11.3 Å². The fraction of sp³-hybridized carbons (Fsp3) is 0.556. The normalized spacial score (nSPS) is 11.9. The molecule has 1 heterocycles. The summed E-state index contributed by atoms with van der Waals surface area (Å²) in [6, 6.07) is 2.10. The van der Waals surface area contributed by atoms with Crippen molar-refractivity contribution in [3.05, 3.63) is 22.4 Å². The van der Waals surface area contributed by atoms with Crippen LogP contribution in [-0.2, 0) is 6.54 Å². The third kappa shape index (κ3) is 3.47. The van der Waals surface area contributed by atoms with E-state index in [4.69, 9.17) is 23.2 Å². The second-order valence-corrected chi connectivity index (χ2v) is 4.63. The molecule has 0 spiro atoms. The molecule has 1 rings (SSSR count). The largest absolute Gasteiger partial charge is 0.305 e. The Morgan fingerprint density at radius 2 is 2.15 bits per heavy atom. The van der Waals surface area contributed by atoms with Crippen molar-refractivity contribution in [2.45, 2.75) is 19.0 Å². The lowest BCUT2D eigenvalue weighted by atomic mass is 10.1. The fourth-order valence-corrected chi connectivity index (χ4v) is 1.98. The van der Waals surface area contributed by atoms with Crippen molar-refractivity contribution >= 4 is 34.5 Å². The zero-order valence-corrected chi connectivity index (χ0v) is 9.85. The van der Waals surface area contributed by atoms with Crippen molar-refractivity contribution in [1.29, 1.82) is 0 Å². The molecule has 0 aromatic carbocycles. The quantitative estimate of drug-likeness (QED) is 0.777.